The van der Waals surface area contributed by atoms with Crippen molar-refractivity contribution >= 4 is 48.1 Å². The van der Waals surface area contributed by atoms with Crippen molar-refractivity contribution in [2.24, 2.45) is 5.41 Å². The summed E-state index contributed by atoms with van der Waals surface area (Å²) in [6, 6.07) is 9.06. The van der Waals surface area contributed by atoms with E-state index in [0.29, 0.717) is 0 Å². The Balaban J connectivity index is 2.85. The van der Waals surface area contributed by atoms with E-state index in [9.17, 15) is 4.79 Å². The van der Waals surface area contributed by atoms with Gasteiger partial charge in [0.2, 0.25) is 0 Å². The standard InChI is InChI=1S/C20H29NO3Si.3C4H9.Sn/c1-19(2,3)17(24-25(7)8)15-9-10-16-14(13-15)11-12-21(16)18(22)23-20(4,5)6;3*1-3-4-2;/h9-11,13,17H,1-8H3;3*1,3-4H2,2H3;. The summed E-state index contributed by atoms with van der Waals surface area (Å²) in [7, 11) is -0.874. The van der Waals surface area contributed by atoms with Gasteiger partial charge in [-0.3, -0.25) is 0 Å². The second kappa shape index (κ2) is 14.2. The third-order valence-electron chi connectivity index (χ3n) is 7.41. The van der Waals surface area contributed by atoms with Crippen molar-refractivity contribution in [2.45, 2.75) is 139 Å². The number of benzene rings is 1. The van der Waals surface area contributed by atoms with E-state index >= 15 is 0 Å². The zero-order valence-corrected chi connectivity index (χ0v) is 30.3. The topological polar surface area (TPSA) is 40.5 Å². The SMILES string of the molecule is CCC[CH2][Sn]([CH2]CCC)([CH2]CCC)[c]1cc2cc(C(O[Si](C)C)C(C)(C)C)ccc2n1C(=O)OC(C)(C)C. The van der Waals surface area contributed by atoms with Gasteiger partial charge in [0.25, 0.3) is 0 Å². The molecule has 0 saturated heterocycles. The van der Waals surface area contributed by atoms with Crippen molar-refractivity contribution in [2.75, 3.05) is 0 Å². The third-order valence-corrected chi connectivity index (χ3v) is 23.5. The van der Waals surface area contributed by atoms with E-state index in [0.717, 1.165) is 10.9 Å². The molecular weight excluding hydrogens is 593 g/mol. The van der Waals surface area contributed by atoms with E-state index in [1.165, 1.54) is 61.1 Å². The van der Waals surface area contributed by atoms with E-state index in [4.69, 9.17) is 9.16 Å². The molecular formula is C32H56NO3SiSn. The van der Waals surface area contributed by atoms with Crippen LogP contribution in [0.1, 0.15) is 113 Å². The molecule has 0 saturated carbocycles. The predicted octanol–water partition coefficient (Wildman–Crippen LogP) is 9.84. The van der Waals surface area contributed by atoms with E-state index in [1.54, 1.807) is 0 Å². The monoisotopic (exact) mass is 650 g/mol. The number of carbonyl (C=O) groups excluding carboxylic acids is 1. The van der Waals surface area contributed by atoms with Gasteiger partial charge < -0.3 is 0 Å². The Labute approximate surface area is 239 Å². The molecule has 0 fully saturated rings. The van der Waals surface area contributed by atoms with Crippen LogP contribution in [0, 0.1) is 5.41 Å². The van der Waals surface area contributed by atoms with Crippen molar-refractivity contribution in [3.05, 3.63) is 29.8 Å². The Morgan fingerprint density at radius 1 is 0.895 bits per heavy atom. The summed E-state index contributed by atoms with van der Waals surface area (Å²) in [6.45, 7) is 24.0. The molecule has 1 atom stereocenters. The Hall–Kier alpha value is -0.794. The van der Waals surface area contributed by atoms with Crippen LogP contribution in [0.2, 0.25) is 26.4 Å². The first kappa shape index (κ1) is 33.4. The molecule has 1 unspecified atom stereocenters. The molecule has 4 nitrogen and oxygen atoms in total. The van der Waals surface area contributed by atoms with Gasteiger partial charge in [-0.1, -0.05) is 0 Å². The Morgan fingerprint density at radius 3 is 1.84 bits per heavy atom. The second-order valence-electron chi connectivity index (χ2n) is 13.5. The van der Waals surface area contributed by atoms with Crippen molar-refractivity contribution in [3.8, 4) is 0 Å². The zero-order valence-electron chi connectivity index (χ0n) is 26.4. The Morgan fingerprint density at radius 2 is 1.42 bits per heavy atom. The average molecular weight is 650 g/mol. The summed E-state index contributed by atoms with van der Waals surface area (Å²) >= 11 is -2.96. The molecule has 0 amide bonds. The van der Waals surface area contributed by atoms with Gasteiger partial charge in [-0.05, 0) is 0 Å². The summed E-state index contributed by atoms with van der Waals surface area (Å²) in [5.41, 5.74) is 1.65. The van der Waals surface area contributed by atoms with Crippen LogP contribution in [0.15, 0.2) is 24.3 Å². The van der Waals surface area contributed by atoms with Gasteiger partial charge in [0.05, 0.1) is 0 Å². The molecule has 0 aliphatic heterocycles. The van der Waals surface area contributed by atoms with Crippen LogP contribution < -0.4 is 3.71 Å². The molecule has 0 N–H and O–H groups in total. The summed E-state index contributed by atoms with van der Waals surface area (Å²) in [5, 5.41) is 1.16. The zero-order chi connectivity index (χ0) is 28.7. The second-order valence-corrected chi connectivity index (χ2v) is 28.6. The van der Waals surface area contributed by atoms with Gasteiger partial charge in [0.15, 0.2) is 0 Å². The first-order valence-electron chi connectivity index (χ1n) is 15.0. The maximum absolute atomic E-state index is 13.9. The molecule has 2 aromatic rings. The molecule has 38 heavy (non-hydrogen) atoms. The number of unbranched alkanes of at least 4 members (excludes halogenated alkanes) is 3. The summed E-state index contributed by atoms with van der Waals surface area (Å²) < 4.78 is 19.9. The number of aromatic nitrogens is 1. The van der Waals surface area contributed by atoms with E-state index < -0.39 is 33.0 Å². The van der Waals surface area contributed by atoms with Gasteiger partial charge in [-0.25, -0.2) is 0 Å². The van der Waals surface area contributed by atoms with E-state index in [-0.39, 0.29) is 17.6 Å². The minimum atomic E-state index is -2.96. The first-order valence-corrected chi connectivity index (χ1v) is 24.9. The van der Waals surface area contributed by atoms with Crippen molar-refractivity contribution in [1.29, 1.82) is 0 Å². The van der Waals surface area contributed by atoms with Crippen molar-refractivity contribution in [1.82, 2.24) is 4.57 Å². The molecule has 2 rings (SSSR count). The van der Waals surface area contributed by atoms with Gasteiger partial charge >= 0.3 is 241 Å². The fourth-order valence-corrected chi connectivity index (χ4v) is 23.0. The average Bonchev–Trinajstić information content (AvgIpc) is 3.20. The number of fused-ring (bicyclic) bond motifs is 1. The quantitative estimate of drug-likeness (QED) is 0.203. The number of ether oxygens (including phenoxy) is 1. The number of carbonyl (C=O) groups is 1. The number of hydrogen-bond acceptors (Lipinski definition) is 3. The molecule has 1 aromatic carbocycles. The molecule has 0 aliphatic rings. The molecule has 0 bridgehead atoms. The van der Waals surface area contributed by atoms with E-state index in [2.05, 4.69) is 78.9 Å². The number of rotatable bonds is 13. The van der Waals surface area contributed by atoms with Crippen LogP contribution >= 0.6 is 0 Å². The van der Waals surface area contributed by atoms with Crippen LogP contribution in [0.25, 0.3) is 10.9 Å². The third kappa shape index (κ3) is 8.85. The van der Waals surface area contributed by atoms with Gasteiger partial charge in [-0.15, -0.1) is 0 Å². The Bertz CT molecular complexity index is 1010. The fourth-order valence-electron chi connectivity index (χ4n) is 5.58. The van der Waals surface area contributed by atoms with Crippen LogP contribution in [0.5, 0.6) is 0 Å². The predicted molar refractivity (Wildman–Crippen MR) is 169 cm³/mol. The molecule has 0 aliphatic carbocycles. The first-order chi connectivity index (χ1) is 17.7. The molecule has 1 heterocycles. The minimum absolute atomic E-state index is 0.0153. The van der Waals surface area contributed by atoms with Gasteiger partial charge in [0, 0.05) is 0 Å². The molecule has 1 aromatic heterocycles. The maximum atomic E-state index is 13.9. The fraction of sp³-hybridized carbons (Fsp3) is 0.719. The normalized spacial score (nSPS) is 13.9. The molecule has 1 radical (unpaired) electrons. The molecule has 0 spiro atoms. The van der Waals surface area contributed by atoms with Crippen LogP contribution in [-0.2, 0) is 9.16 Å². The summed E-state index contributed by atoms with van der Waals surface area (Å²) in [4.78, 5) is 13.9. The van der Waals surface area contributed by atoms with Crippen LogP contribution in [0.4, 0.5) is 4.79 Å². The number of nitrogens with zero attached hydrogens (tertiary/aromatic N) is 1. The van der Waals surface area contributed by atoms with Crippen LogP contribution in [-0.4, -0.2) is 43.7 Å². The Kier molecular flexibility index (Phi) is 12.5. The van der Waals surface area contributed by atoms with Crippen LogP contribution in [0.3, 0.4) is 0 Å². The van der Waals surface area contributed by atoms with E-state index in [1.807, 2.05) is 25.3 Å². The van der Waals surface area contributed by atoms with Crippen molar-refractivity contribution < 1.29 is 14.0 Å². The van der Waals surface area contributed by atoms with Gasteiger partial charge in [-0.2, -0.15) is 0 Å². The number of hydrogen-bond donors (Lipinski definition) is 0. The molecule has 6 heteroatoms. The molecule has 215 valence electrons. The summed E-state index contributed by atoms with van der Waals surface area (Å²) in [5.74, 6) is 0. The summed E-state index contributed by atoms with van der Waals surface area (Å²) in [6.07, 6.45) is 7.19. The van der Waals surface area contributed by atoms with Gasteiger partial charge in [0.1, 0.15) is 0 Å². The van der Waals surface area contributed by atoms with Crippen molar-refractivity contribution in [3.63, 3.8) is 0 Å².